The molecular formula is C27H27N5O. The SMILES string of the molecule is Cc1cccc(OC2CCNCC2)cnc(-c2cnc3cc(-c4cccnc4)ccn23)cc1. The Hall–Kier alpha value is -3.77. The number of pyridine rings is 2. The second-order valence-corrected chi connectivity index (χ2v) is 8.24. The van der Waals surface area contributed by atoms with Gasteiger partial charge in [0.05, 0.1) is 23.8 Å². The average molecular weight is 438 g/mol. The minimum absolute atomic E-state index is 0.214. The van der Waals surface area contributed by atoms with E-state index in [1.54, 1.807) is 6.20 Å². The number of aromatic nitrogens is 4. The molecule has 0 radical (unpaired) electrons. The molecule has 0 spiro atoms. The summed E-state index contributed by atoms with van der Waals surface area (Å²) in [6.45, 7) is 4.05. The molecule has 1 N–H and O–H groups in total. The van der Waals surface area contributed by atoms with Crippen LogP contribution in [0, 0.1) is 6.92 Å². The van der Waals surface area contributed by atoms with Crippen molar-refractivity contribution in [2.45, 2.75) is 25.9 Å². The Kier molecular flexibility index (Phi) is 6.26. The van der Waals surface area contributed by atoms with Gasteiger partial charge in [-0.05, 0) is 68.8 Å². The summed E-state index contributed by atoms with van der Waals surface area (Å²) in [4.78, 5) is 13.7. The van der Waals surface area contributed by atoms with Gasteiger partial charge in [-0.25, -0.2) is 4.98 Å². The third-order valence-corrected chi connectivity index (χ3v) is 5.81. The molecule has 5 rings (SSSR count). The number of hydrogen-bond donors (Lipinski definition) is 1. The van der Waals surface area contributed by atoms with Crippen LogP contribution < -0.4 is 10.1 Å². The van der Waals surface area contributed by atoms with E-state index < -0.39 is 0 Å². The van der Waals surface area contributed by atoms with Gasteiger partial charge in [-0.15, -0.1) is 0 Å². The maximum Gasteiger partial charge on any atom is 0.137 e. The summed E-state index contributed by atoms with van der Waals surface area (Å²) >= 11 is 0. The summed E-state index contributed by atoms with van der Waals surface area (Å²) in [5.41, 5.74) is 5.89. The fourth-order valence-electron chi connectivity index (χ4n) is 3.99. The lowest BCUT2D eigenvalue weighted by Crippen LogP contribution is -2.34. The number of nitrogens with one attached hydrogen (secondary N) is 1. The lowest BCUT2D eigenvalue weighted by Gasteiger charge is -2.23. The van der Waals surface area contributed by atoms with E-state index in [1.165, 1.54) is 0 Å². The Labute approximate surface area is 193 Å². The summed E-state index contributed by atoms with van der Waals surface area (Å²) in [6, 6.07) is 18.3. The molecule has 1 aliphatic heterocycles. The molecule has 1 saturated heterocycles. The van der Waals surface area contributed by atoms with Crippen LogP contribution in [0.1, 0.15) is 18.4 Å². The minimum Gasteiger partial charge on any atom is -0.489 e. The van der Waals surface area contributed by atoms with E-state index in [0.717, 1.165) is 65.4 Å². The van der Waals surface area contributed by atoms with E-state index >= 15 is 0 Å². The molecule has 0 bridgehead atoms. The van der Waals surface area contributed by atoms with Crippen molar-refractivity contribution in [2.24, 2.45) is 0 Å². The van der Waals surface area contributed by atoms with Crippen molar-refractivity contribution in [2.75, 3.05) is 13.1 Å². The zero-order valence-corrected chi connectivity index (χ0v) is 18.7. The number of rotatable bonds is 4. The topological polar surface area (TPSA) is 64.3 Å². The van der Waals surface area contributed by atoms with Gasteiger partial charge >= 0.3 is 0 Å². The molecule has 1 aliphatic rings. The molecule has 0 amide bonds. The standard InChI is InChI=1S/C27H27N5O/c1-20-4-2-6-24(33-23-9-13-28-14-10-23)18-30-25(8-7-20)26-19-31-27-16-21(11-15-32(26)27)22-5-3-12-29-17-22/h2-8,11-12,15-19,23,28H,9-10,13-14H2,1H3. The first-order valence-corrected chi connectivity index (χ1v) is 11.3. The highest BCUT2D eigenvalue weighted by Crippen LogP contribution is 2.24. The molecule has 5 heterocycles. The molecule has 4 aromatic rings. The molecule has 6 heteroatoms. The van der Waals surface area contributed by atoms with Crippen molar-refractivity contribution in [3.63, 3.8) is 0 Å². The highest BCUT2D eigenvalue weighted by molar-refractivity contribution is 5.69. The number of hydrogen-bond acceptors (Lipinski definition) is 5. The second kappa shape index (κ2) is 9.79. The van der Waals surface area contributed by atoms with Crippen LogP contribution in [-0.2, 0) is 0 Å². The van der Waals surface area contributed by atoms with Crippen LogP contribution in [0.4, 0.5) is 0 Å². The first-order valence-electron chi connectivity index (χ1n) is 11.3. The first kappa shape index (κ1) is 21.1. The van der Waals surface area contributed by atoms with E-state index in [-0.39, 0.29) is 6.10 Å². The maximum atomic E-state index is 6.26. The van der Waals surface area contributed by atoms with Gasteiger partial charge in [0.1, 0.15) is 17.5 Å². The predicted molar refractivity (Wildman–Crippen MR) is 131 cm³/mol. The van der Waals surface area contributed by atoms with Crippen LogP contribution in [0.2, 0.25) is 0 Å². The molecule has 0 aromatic carbocycles. The molecule has 1 fully saturated rings. The highest BCUT2D eigenvalue weighted by atomic mass is 16.5. The third-order valence-electron chi connectivity index (χ3n) is 5.81. The molecule has 0 atom stereocenters. The van der Waals surface area contributed by atoms with Crippen LogP contribution in [0.15, 0.2) is 85.6 Å². The molecule has 4 aromatic heterocycles. The number of aryl methyl sites for hydroxylation is 1. The Bertz CT molecular complexity index is 1290. The van der Waals surface area contributed by atoms with Gasteiger partial charge in [0.25, 0.3) is 0 Å². The smallest absolute Gasteiger partial charge is 0.137 e. The maximum absolute atomic E-state index is 6.26. The average Bonchev–Trinajstić information content (AvgIpc) is 3.28. The van der Waals surface area contributed by atoms with Gasteiger partial charge in [-0.3, -0.25) is 14.4 Å². The van der Waals surface area contributed by atoms with Crippen molar-refractivity contribution < 1.29 is 4.74 Å². The molecule has 0 unspecified atom stereocenters. The first-order chi connectivity index (χ1) is 16.3. The van der Waals surface area contributed by atoms with Crippen molar-refractivity contribution in [3.8, 4) is 28.3 Å². The Morgan fingerprint density at radius 3 is 2.67 bits per heavy atom. The number of piperidine rings is 1. The molecule has 166 valence electrons. The van der Waals surface area contributed by atoms with E-state index in [4.69, 9.17) is 9.72 Å². The lowest BCUT2D eigenvalue weighted by atomic mass is 10.1. The molecular weight excluding hydrogens is 410 g/mol. The largest absolute Gasteiger partial charge is 0.489 e. The van der Waals surface area contributed by atoms with Gasteiger partial charge in [-0.2, -0.15) is 0 Å². The quantitative estimate of drug-likeness (QED) is 0.486. The Morgan fingerprint density at radius 2 is 1.82 bits per heavy atom. The lowest BCUT2D eigenvalue weighted by molar-refractivity contribution is 0.162. The van der Waals surface area contributed by atoms with Crippen molar-refractivity contribution in [1.82, 2.24) is 24.7 Å². The normalized spacial score (nSPS) is 14.1. The molecule has 0 saturated carbocycles. The van der Waals surface area contributed by atoms with Gasteiger partial charge in [-0.1, -0.05) is 29.8 Å². The van der Waals surface area contributed by atoms with Gasteiger partial charge in [0.15, 0.2) is 0 Å². The summed E-state index contributed by atoms with van der Waals surface area (Å²) in [5.74, 6) is 0.770. The molecule has 6 nitrogen and oxygen atoms in total. The number of nitrogens with zero attached hydrogens (tertiary/aromatic N) is 4. The van der Waals surface area contributed by atoms with Crippen molar-refractivity contribution >= 4 is 5.65 Å². The van der Waals surface area contributed by atoms with Gasteiger partial charge < -0.3 is 10.1 Å². The van der Waals surface area contributed by atoms with E-state index in [0.29, 0.717) is 0 Å². The fourth-order valence-corrected chi connectivity index (χ4v) is 3.99. The van der Waals surface area contributed by atoms with E-state index in [9.17, 15) is 0 Å². The second-order valence-electron chi connectivity index (χ2n) is 8.24. The van der Waals surface area contributed by atoms with E-state index in [2.05, 4.69) is 50.9 Å². The third kappa shape index (κ3) is 5.02. The molecule has 0 aliphatic carbocycles. The number of imidazole rings is 1. The van der Waals surface area contributed by atoms with Crippen LogP contribution in [0.5, 0.6) is 5.75 Å². The van der Waals surface area contributed by atoms with Crippen LogP contribution in [-0.4, -0.2) is 38.5 Å². The summed E-state index contributed by atoms with van der Waals surface area (Å²) in [6.07, 6.45) is 11.6. The monoisotopic (exact) mass is 437 g/mol. The summed E-state index contributed by atoms with van der Waals surface area (Å²) < 4.78 is 8.32. The Balaban J connectivity index is 1.54. The summed E-state index contributed by atoms with van der Waals surface area (Å²) in [5, 5.41) is 3.38. The highest BCUT2D eigenvalue weighted by Gasteiger charge is 2.14. The minimum atomic E-state index is 0.214. The number of fused-ring (bicyclic) bond motifs is 1. The fraction of sp³-hybridized carbons (Fsp3) is 0.222. The zero-order chi connectivity index (χ0) is 22.5. The van der Waals surface area contributed by atoms with Gasteiger partial charge in [0, 0.05) is 24.2 Å². The molecule has 33 heavy (non-hydrogen) atoms. The van der Waals surface area contributed by atoms with Gasteiger partial charge in [0.2, 0.25) is 0 Å². The van der Waals surface area contributed by atoms with Crippen molar-refractivity contribution in [1.29, 1.82) is 0 Å². The Morgan fingerprint density at radius 1 is 0.909 bits per heavy atom. The zero-order valence-electron chi connectivity index (χ0n) is 18.7. The number of ether oxygens (including phenoxy) is 1. The van der Waals surface area contributed by atoms with Crippen LogP contribution in [0.3, 0.4) is 0 Å². The van der Waals surface area contributed by atoms with E-state index in [1.807, 2.05) is 55.1 Å². The van der Waals surface area contributed by atoms with Crippen LogP contribution in [0.25, 0.3) is 28.2 Å². The summed E-state index contributed by atoms with van der Waals surface area (Å²) in [7, 11) is 0. The van der Waals surface area contributed by atoms with Crippen LogP contribution >= 0.6 is 0 Å². The predicted octanol–water partition coefficient (Wildman–Crippen LogP) is 5.02. The van der Waals surface area contributed by atoms with Crippen molar-refractivity contribution in [3.05, 3.63) is 91.1 Å².